The van der Waals surface area contributed by atoms with Crippen molar-refractivity contribution >= 4 is 5.91 Å². The van der Waals surface area contributed by atoms with Crippen LogP contribution < -0.4 is 11.1 Å². The van der Waals surface area contributed by atoms with Gasteiger partial charge < -0.3 is 15.8 Å². The fraction of sp³-hybridized carbons (Fsp3) is 0.875. The van der Waals surface area contributed by atoms with Gasteiger partial charge in [0.1, 0.15) is 0 Å². The van der Waals surface area contributed by atoms with Crippen LogP contribution in [0.25, 0.3) is 0 Å². The highest BCUT2D eigenvalue weighted by atomic mass is 16.5. The van der Waals surface area contributed by atoms with Gasteiger partial charge in [-0.05, 0) is 19.9 Å². The predicted octanol–water partition coefficient (Wildman–Crippen LogP) is -0.124. The van der Waals surface area contributed by atoms with Gasteiger partial charge in [-0.15, -0.1) is 0 Å². The lowest BCUT2D eigenvalue weighted by molar-refractivity contribution is -0.120. The van der Waals surface area contributed by atoms with E-state index < -0.39 is 0 Å². The largest absolute Gasteiger partial charge is 0.381 e. The summed E-state index contributed by atoms with van der Waals surface area (Å²) < 4.78 is 5.22. The van der Waals surface area contributed by atoms with E-state index >= 15 is 0 Å². The van der Waals surface area contributed by atoms with Crippen molar-refractivity contribution in [1.82, 2.24) is 5.32 Å². The number of nitrogens with one attached hydrogen (secondary N) is 1. The second-order valence-corrected chi connectivity index (χ2v) is 2.64. The fourth-order valence-corrected chi connectivity index (χ4v) is 0.876. The molecule has 0 aliphatic rings. The minimum atomic E-state index is -0.322. The Bertz CT molecular complexity index is 128. The van der Waals surface area contributed by atoms with E-state index in [1.54, 1.807) is 7.05 Å². The smallest absolute Gasteiger partial charge is 0.234 e. The molecule has 0 spiro atoms. The summed E-state index contributed by atoms with van der Waals surface area (Å²) >= 11 is 0. The standard InChI is InChI=1S/C8H18N2O2/c1-3-5-12-6-4-7(10-2)8(9)11/h7,10H,3-6H2,1-2H3,(H2,9,11). The van der Waals surface area contributed by atoms with E-state index in [1.165, 1.54) is 0 Å². The quantitative estimate of drug-likeness (QED) is 0.529. The molecule has 4 heteroatoms. The second-order valence-electron chi connectivity index (χ2n) is 2.64. The van der Waals surface area contributed by atoms with Crippen LogP contribution in [0.5, 0.6) is 0 Å². The van der Waals surface area contributed by atoms with Crippen LogP contribution in [-0.2, 0) is 9.53 Å². The molecule has 3 N–H and O–H groups in total. The fourth-order valence-electron chi connectivity index (χ4n) is 0.876. The van der Waals surface area contributed by atoms with Crippen molar-refractivity contribution in [2.24, 2.45) is 5.73 Å². The first-order valence-electron chi connectivity index (χ1n) is 4.26. The Kier molecular flexibility index (Phi) is 6.70. The molecular weight excluding hydrogens is 156 g/mol. The molecule has 0 saturated carbocycles. The van der Waals surface area contributed by atoms with Gasteiger partial charge in [-0.25, -0.2) is 0 Å². The summed E-state index contributed by atoms with van der Waals surface area (Å²) in [6.07, 6.45) is 1.65. The molecule has 1 unspecified atom stereocenters. The zero-order valence-electron chi connectivity index (χ0n) is 7.80. The Morgan fingerprint density at radius 3 is 2.67 bits per heavy atom. The van der Waals surface area contributed by atoms with Crippen LogP contribution in [0, 0.1) is 0 Å². The van der Waals surface area contributed by atoms with Crippen molar-refractivity contribution in [3.05, 3.63) is 0 Å². The number of rotatable bonds is 7. The molecule has 0 aliphatic carbocycles. The first-order chi connectivity index (χ1) is 5.72. The van der Waals surface area contributed by atoms with Gasteiger partial charge in [0.05, 0.1) is 6.04 Å². The van der Waals surface area contributed by atoms with Crippen LogP contribution in [0.1, 0.15) is 19.8 Å². The van der Waals surface area contributed by atoms with Gasteiger partial charge >= 0.3 is 0 Å². The topological polar surface area (TPSA) is 64.3 Å². The number of ether oxygens (including phenoxy) is 1. The molecule has 0 saturated heterocycles. The third kappa shape index (κ3) is 5.09. The van der Waals surface area contributed by atoms with E-state index in [-0.39, 0.29) is 11.9 Å². The maximum Gasteiger partial charge on any atom is 0.234 e. The van der Waals surface area contributed by atoms with Gasteiger partial charge in [0.25, 0.3) is 0 Å². The number of carbonyl (C=O) groups is 1. The van der Waals surface area contributed by atoms with Crippen molar-refractivity contribution in [1.29, 1.82) is 0 Å². The summed E-state index contributed by atoms with van der Waals surface area (Å²) in [6, 6.07) is -0.262. The van der Waals surface area contributed by atoms with Gasteiger partial charge in [0, 0.05) is 13.2 Å². The normalized spacial score (nSPS) is 12.8. The second kappa shape index (κ2) is 7.06. The molecule has 0 aromatic rings. The van der Waals surface area contributed by atoms with Gasteiger partial charge in [-0.3, -0.25) is 4.79 Å². The summed E-state index contributed by atoms with van der Waals surface area (Å²) in [5, 5.41) is 2.82. The van der Waals surface area contributed by atoms with E-state index in [1.807, 2.05) is 6.92 Å². The maximum absolute atomic E-state index is 10.7. The van der Waals surface area contributed by atoms with E-state index in [0.29, 0.717) is 13.0 Å². The average Bonchev–Trinajstić information content (AvgIpc) is 2.04. The van der Waals surface area contributed by atoms with Gasteiger partial charge in [0.15, 0.2) is 0 Å². The summed E-state index contributed by atoms with van der Waals surface area (Å²) in [7, 11) is 1.72. The molecule has 0 aromatic heterocycles. The SMILES string of the molecule is CCCOCCC(NC)C(N)=O. The van der Waals surface area contributed by atoms with Crippen molar-refractivity contribution in [3.63, 3.8) is 0 Å². The number of hydrogen-bond acceptors (Lipinski definition) is 3. The number of primary amides is 1. The van der Waals surface area contributed by atoms with Gasteiger partial charge in [0.2, 0.25) is 5.91 Å². The molecule has 0 rings (SSSR count). The van der Waals surface area contributed by atoms with Crippen LogP contribution in [0.15, 0.2) is 0 Å². The van der Waals surface area contributed by atoms with Crippen LogP contribution in [0.2, 0.25) is 0 Å². The lowest BCUT2D eigenvalue weighted by atomic mass is 10.2. The molecule has 12 heavy (non-hydrogen) atoms. The summed E-state index contributed by atoms with van der Waals surface area (Å²) in [5.41, 5.74) is 5.10. The molecule has 0 bridgehead atoms. The first kappa shape index (κ1) is 11.4. The minimum Gasteiger partial charge on any atom is -0.381 e. The maximum atomic E-state index is 10.7. The van der Waals surface area contributed by atoms with E-state index in [9.17, 15) is 4.79 Å². The molecule has 72 valence electrons. The molecular formula is C8H18N2O2. The predicted molar refractivity (Wildman–Crippen MR) is 47.8 cm³/mol. The van der Waals surface area contributed by atoms with Crippen LogP contribution in [0.4, 0.5) is 0 Å². The van der Waals surface area contributed by atoms with Crippen molar-refractivity contribution in [3.8, 4) is 0 Å². The highest BCUT2D eigenvalue weighted by Gasteiger charge is 2.11. The molecule has 0 fully saturated rings. The third-order valence-electron chi connectivity index (χ3n) is 1.59. The van der Waals surface area contributed by atoms with Crippen molar-refractivity contribution < 1.29 is 9.53 Å². The van der Waals surface area contributed by atoms with Crippen molar-refractivity contribution in [2.75, 3.05) is 20.3 Å². The zero-order valence-corrected chi connectivity index (χ0v) is 7.80. The minimum absolute atomic E-state index is 0.262. The summed E-state index contributed by atoms with van der Waals surface area (Å²) in [6.45, 7) is 3.38. The number of amides is 1. The molecule has 4 nitrogen and oxygen atoms in total. The molecule has 0 aliphatic heterocycles. The Labute approximate surface area is 73.5 Å². The Morgan fingerprint density at radius 1 is 1.58 bits per heavy atom. The highest BCUT2D eigenvalue weighted by molar-refractivity contribution is 5.79. The Hall–Kier alpha value is -0.610. The zero-order chi connectivity index (χ0) is 9.40. The van der Waals surface area contributed by atoms with Crippen LogP contribution >= 0.6 is 0 Å². The lowest BCUT2D eigenvalue weighted by Gasteiger charge is -2.11. The van der Waals surface area contributed by atoms with Crippen LogP contribution in [-0.4, -0.2) is 32.2 Å². The Balaban J connectivity index is 3.38. The molecule has 0 radical (unpaired) electrons. The first-order valence-corrected chi connectivity index (χ1v) is 4.26. The average molecular weight is 174 g/mol. The van der Waals surface area contributed by atoms with Gasteiger partial charge in [-0.2, -0.15) is 0 Å². The number of likely N-dealkylation sites (N-methyl/N-ethyl adjacent to an activating group) is 1. The monoisotopic (exact) mass is 174 g/mol. The summed E-state index contributed by atoms with van der Waals surface area (Å²) in [5.74, 6) is -0.322. The summed E-state index contributed by atoms with van der Waals surface area (Å²) in [4.78, 5) is 10.7. The molecule has 1 amide bonds. The molecule has 1 atom stereocenters. The molecule has 0 aromatic carbocycles. The van der Waals surface area contributed by atoms with E-state index in [2.05, 4.69) is 5.32 Å². The van der Waals surface area contributed by atoms with Crippen molar-refractivity contribution in [2.45, 2.75) is 25.8 Å². The third-order valence-corrected chi connectivity index (χ3v) is 1.59. The van der Waals surface area contributed by atoms with E-state index in [4.69, 9.17) is 10.5 Å². The number of hydrogen-bond donors (Lipinski definition) is 2. The molecule has 0 heterocycles. The van der Waals surface area contributed by atoms with Gasteiger partial charge in [-0.1, -0.05) is 6.92 Å². The highest BCUT2D eigenvalue weighted by Crippen LogP contribution is 1.91. The van der Waals surface area contributed by atoms with Crippen LogP contribution in [0.3, 0.4) is 0 Å². The number of carbonyl (C=O) groups excluding carboxylic acids is 1. The Morgan fingerprint density at radius 2 is 2.25 bits per heavy atom. The lowest BCUT2D eigenvalue weighted by Crippen LogP contribution is -2.39. The van der Waals surface area contributed by atoms with E-state index in [0.717, 1.165) is 13.0 Å². The number of nitrogens with two attached hydrogens (primary N) is 1.